The summed E-state index contributed by atoms with van der Waals surface area (Å²) in [5.74, 6) is 0.480. The summed E-state index contributed by atoms with van der Waals surface area (Å²) in [4.78, 5) is 20.0. The molecule has 2 aromatic heterocycles. The van der Waals surface area contributed by atoms with E-state index in [2.05, 4.69) is 9.97 Å². The van der Waals surface area contributed by atoms with Gasteiger partial charge < -0.3 is 15.0 Å². The van der Waals surface area contributed by atoms with Gasteiger partial charge in [0.05, 0.1) is 29.7 Å². The first-order chi connectivity index (χ1) is 9.08. The van der Waals surface area contributed by atoms with Crippen molar-refractivity contribution in [3.63, 3.8) is 0 Å². The molecule has 0 aromatic carbocycles. The first-order valence-corrected chi connectivity index (χ1v) is 5.95. The predicted molar refractivity (Wildman–Crippen MR) is 70.6 cm³/mol. The van der Waals surface area contributed by atoms with Crippen LogP contribution in [0.15, 0.2) is 24.7 Å². The second-order valence-electron chi connectivity index (χ2n) is 4.21. The highest BCUT2D eigenvalue weighted by atomic mass is 16.5. The SMILES string of the molecule is Cc1ncc(N)cc1C(=O)OCCn1ccnc1C. The van der Waals surface area contributed by atoms with Gasteiger partial charge in [-0.3, -0.25) is 4.98 Å². The summed E-state index contributed by atoms with van der Waals surface area (Å²) in [5, 5.41) is 0. The fourth-order valence-electron chi connectivity index (χ4n) is 1.71. The molecule has 0 radical (unpaired) electrons. The van der Waals surface area contributed by atoms with E-state index in [1.807, 2.05) is 17.7 Å². The van der Waals surface area contributed by atoms with Crippen molar-refractivity contribution in [1.82, 2.24) is 14.5 Å². The molecular weight excluding hydrogens is 244 g/mol. The number of pyridine rings is 1. The van der Waals surface area contributed by atoms with Gasteiger partial charge in [-0.2, -0.15) is 0 Å². The minimum Gasteiger partial charge on any atom is -0.460 e. The molecule has 6 nitrogen and oxygen atoms in total. The van der Waals surface area contributed by atoms with Crippen LogP contribution in [0.2, 0.25) is 0 Å². The van der Waals surface area contributed by atoms with Crippen molar-refractivity contribution in [3.8, 4) is 0 Å². The Hall–Kier alpha value is -2.37. The Morgan fingerprint density at radius 1 is 1.42 bits per heavy atom. The van der Waals surface area contributed by atoms with Crippen LogP contribution in [0.25, 0.3) is 0 Å². The number of hydrogen-bond donors (Lipinski definition) is 1. The van der Waals surface area contributed by atoms with Crippen LogP contribution in [0.4, 0.5) is 5.69 Å². The zero-order valence-corrected chi connectivity index (χ0v) is 11.0. The maximum atomic E-state index is 11.9. The van der Waals surface area contributed by atoms with Crippen molar-refractivity contribution in [3.05, 3.63) is 41.7 Å². The predicted octanol–water partition coefficient (Wildman–Crippen LogP) is 1.33. The van der Waals surface area contributed by atoms with E-state index in [0.717, 1.165) is 5.82 Å². The molecule has 2 aromatic rings. The molecule has 2 rings (SSSR count). The highest BCUT2D eigenvalue weighted by Gasteiger charge is 2.12. The van der Waals surface area contributed by atoms with Crippen molar-refractivity contribution in [2.45, 2.75) is 20.4 Å². The smallest absolute Gasteiger partial charge is 0.340 e. The number of carbonyl (C=O) groups excluding carboxylic acids is 1. The van der Waals surface area contributed by atoms with Crippen LogP contribution in [0.5, 0.6) is 0 Å². The van der Waals surface area contributed by atoms with E-state index < -0.39 is 5.97 Å². The Morgan fingerprint density at radius 2 is 2.21 bits per heavy atom. The Morgan fingerprint density at radius 3 is 2.89 bits per heavy atom. The number of carbonyl (C=O) groups is 1. The van der Waals surface area contributed by atoms with Crippen LogP contribution in [0.3, 0.4) is 0 Å². The van der Waals surface area contributed by atoms with E-state index in [0.29, 0.717) is 23.5 Å². The summed E-state index contributed by atoms with van der Waals surface area (Å²) in [7, 11) is 0. The molecule has 0 spiro atoms. The van der Waals surface area contributed by atoms with Gasteiger partial charge in [0.25, 0.3) is 0 Å². The fourth-order valence-corrected chi connectivity index (χ4v) is 1.71. The number of nitrogens with two attached hydrogens (primary N) is 1. The average molecular weight is 260 g/mol. The molecule has 0 unspecified atom stereocenters. The molecule has 100 valence electrons. The van der Waals surface area contributed by atoms with E-state index in [4.69, 9.17) is 10.5 Å². The number of esters is 1. The van der Waals surface area contributed by atoms with Gasteiger partial charge in [-0.15, -0.1) is 0 Å². The Bertz CT molecular complexity index is 592. The molecular formula is C13H16N4O2. The Balaban J connectivity index is 1.94. The van der Waals surface area contributed by atoms with Crippen molar-refractivity contribution in [2.24, 2.45) is 0 Å². The molecule has 2 heterocycles. The summed E-state index contributed by atoms with van der Waals surface area (Å²) in [6, 6.07) is 1.58. The van der Waals surface area contributed by atoms with Gasteiger partial charge in [0.2, 0.25) is 0 Å². The van der Waals surface area contributed by atoms with Crippen LogP contribution in [0.1, 0.15) is 21.9 Å². The van der Waals surface area contributed by atoms with E-state index in [-0.39, 0.29) is 6.61 Å². The van der Waals surface area contributed by atoms with Gasteiger partial charge >= 0.3 is 5.97 Å². The average Bonchev–Trinajstić information content (AvgIpc) is 2.78. The number of imidazole rings is 1. The minimum atomic E-state index is -0.407. The van der Waals surface area contributed by atoms with Crippen LogP contribution in [0, 0.1) is 13.8 Å². The third-order valence-electron chi connectivity index (χ3n) is 2.82. The van der Waals surface area contributed by atoms with Crippen LogP contribution >= 0.6 is 0 Å². The monoisotopic (exact) mass is 260 g/mol. The van der Waals surface area contributed by atoms with Crippen molar-refractivity contribution in [1.29, 1.82) is 0 Å². The fraction of sp³-hybridized carbons (Fsp3) is 0.308. The van der Waals surface area contributed by atoms with Crippen molar-refractivity contribution >= 4 is 11.7 Å². The molecule has 0 aliphatic heterocycles. The summed E-state index contributed by atoms with van der Waals surface area (Å²) in [5.41, 5.74) is 7.07. The molecule has 6 heteroatoms. The number of nitrogens with zero attached hydrogens (tertiary/aromatic N) is 3. The lowest BCUT2D eigenvalue weighted by atomic mass is 10.2. The third kappa shape index (κ3) is 3.09. The lowest BCUT2D eigenvalue weighted by Gasteiger charge is -2.08. The van der Waals surface area contributed by atoms with Gasteiger partial charge in [0, 0.05) is 12.4 Å². The number of ether oxygens (including phenoxy) is 1. The topological polar surface area (TPSA) is 83.0 Å². The molecule has 0 saturated heterocycles. The first-order valence-electron chi connectivity index (χ1n) is 5.95. The van der Waals surface area contributed by atoms with E-state index in [1.54, 1.807) is 19.2 Å². The number of anilines is 1. The van der Waals surface area contributed by atoms with E-state index >= 15 is 0 Å². The van der Waals surface area contributed by atoms with Gasteiger partial charge in [0.1, 0.15) is 12.4 Å². The Kier molecular flexibility index (Phi) is 3.79. The molecule has 2 N–H and O–H groups in total. The normalized spacial score (nSPS) is 10.4. The summed E-state index contributed by atoms with van der Waals surface area (Å²) in [6.45, 7) is 4.50. The van der Waals surface area contributed by atoms with Crippen LogP contribution in [-0.2, 0) is 11.3 Å². The molecule has 19 heavy (non-hydrogen) atoms. The zero-order valence-electron chi connectivity index (χ0n) is 11.0. The second kappa shape index (κ2) is 5.51. The molecule has 0 atom stereocenters. The maximum Gasteiger partial charge on any atom is 0.340 e. The summed E-state index contributed by atoms with van der Waals surface area (Å²) >= 11 is 0. The number of hydrogen-bond acceptors (Lipinski definition) is 5. The van der Waals surface area contributed by atoms with Crippen molar-refractivity contribution < 1.29 is 9.53 Å². The highest BCUT2D eigenvalue weighted by molar-refractivity contribution is 5.91. The lowest BCUT2D eigenvalue weighted by Crippen LogP contribution is -2.13. The number of aryl methyl sites for hydroxylation is 2. The summed E-state index contributed by atoms with van der Waals surface area (Å²) in [6.07, 6.45) is 5.07. The van der Waals surface area contributed by atoms with Gasteiger partial charge in [0.15, 0.2) is 0 Å². The van der Waals surface area contributed by atoms with Crippen molar-refractivity contribution in [2.75, 3.05) is 12.3 Å². The Labute approximate surface area is 111 Å². The first kappa shape index (κ1) is 13.1. The van der Waals surface area contributed by atoms with Gasteiger partial charge in [-0.1, -0.05) is 0 Å². The number of nitrogen functional groups attached to an aromatic ring is 1. The number of rotatable bonds is 4. The highest BCUT2D eigenvalue weighted by Crippen LogP contribution is 2.11. The molecule has 0 amide bonds. The van der Waals surface area contributed by atoms with Gasteiger partial charge in [-0.05, 0) is 19.9 Å². The molecule has 0 aliphatic rings. The quantitative estimate of drug-likeness (QED) is 0.838. The third-order valence-corrected chi connectivity index (χ3v) is 2.82. The van der Waals surface area contributed by atoms with Crippen LogP contribution < -0.4 is 5.73 Å². The lowest BCUT2D eigenvalue weighted by molar-refractivity contribution is 0.0489. The zero-order chi connectivity index (χ0) is 13.8. The standard InChI is InChI=1S/C13H16N4O2/c1-9-12(7-11(14)8-16-9)13(18)19-6-5-17-4-3-15-10(17)2/h3-4,7-8H,5-6,14H2,1-2H3. The molecule has 0 bridgehead atoms. The van der Waals surface area contributed by atoms with E-state index in [1.165, 1.54) is 6.20 Å². The van der Waals surface area contributed by atoms with Crippen LogP contribution in [-0.4, -0.2) is 27.1 Å². The largest absolute Gasteiger partial charge is 0.460 e. The summed E-state index contributed by atoms with van der Waals surface area (Å²) < 4.78 is 7.12. The minimum absolute atomic E-state index is 0.282. The number of aromatic nitrogens is 3. The second-order valence-corrected chi connectivity index (χ2v) is 4.21. The molecule has 0 aliphatic carbocycles. The maximum absolute atomic E-state index is 11.9. The molecule has 0 fully saturated rings. The van der Waals surface area contributed by atoms with Gasteiger partial charge in [-0.25, -0.2) is 9.78 Å². The molecule has 0 saturated carbocycles. The van der Waals surface area contributed by atoms with E-state index in [9.17, 15) is 4.79 Å².